The fourth-order valence-electron chi connectivity index (χ4n) is 1.60. The van der Waals surface area contributed by atoms with Gasteiger partial charge in [0.05, 0.1) is 22.6 Å². The summed E-state index contributed by atoms with van der Waals surface area (Å²) in [6.07, 6.45) is 1.17. The van der Waals surface area contributed by atoms with E-state index in [0.717, 1.165) is 0 Å². The van der Waals surface area contributed by atoms with Gasteiger partial charge in [0.2, 0.25) is 0 Å². The van der Waals surface area contributed by atoms with E-state index in [4.69, 9.17) is 10.2 Å². The van der Waals surface area contributed by atoms with Crippen LogP contribution in [0.2, 0.25) is 0 Å². The summed E-state index contributed by atoms with van der Waals surface area (Å²) < 4.78 is 23.4. The van der Waals surface area contributed by atoms with E-state index >= 15 is 0 Å². The molecule has 0 aliphatic rings. The van der Waals surface area contributed by atoms with Crippen molar-refractivity contribution in [3.63, 3.8) is 0 Å². The Morgan fingerprint density at radius 3 is 2.00 bits per heavy atom. The third-order valence-electron chi connectivity index (χ3n) is 2.37. The molecule has 19 heavy (non-hydrogen) atoms. The van der Waals surface area contributed by atoms with Crippen LogP contribution < -0.4 is 0 Å². The highest BCUT2D eigenvalue weighted by Gasteiger charge is 2.22. The molecule has 2 N–H and O–H groups in total. The van der Waals surface area contributed by atoms with Crippen LogP contribution in [0.4, 0.5) is 0 Å². The van der Waals surface area contributed by atoms with E-state index in [9.17, 15) is 18.0 Å². The van der Waals surface area contributed by atoms with Crippen molar-refractivity contribution in [3.8, 4) is 0 Å². The van der Waals surface area contributed by atoms with Gasteiger partial charge in [-0.25, -0.2) is 18.0 Å². The van der Waals surface area contributed by atoms with Crippen LogP contribution in [0.5, 0.6) is 0 Å². The molecule has 0 fully saturated rings. The van der Waals surface area contributed by atoms with Crippen molar-refractivity contribution in [2.75, 3.05) is 5.75 Å². The van der Waals surface area contributed by atoms with Crippen molar-refractivity contribution >= 4 is 21.8 Å². The summed E-state index contributed by atoms with van der Waals surface area (Å²) >= 11 is 0. The molecule has 1 aromatic carbocycles. The van der Waals surface area contributed by atoms with E-state index in [0.29, 0.717) is 0 Å². The quantitative estimate of drug-likeness (QED) is 0.759. The normalized spacial score (nSPS) is 10.9. The van der Waals surface area contributed by atoms with Gasteiger partial charge in [0.25, 0.3) is 0 Å². The van der Waals surface area contributed by atoms with Crippen molar-refractivity contribution in [1.29, 1.82) is 0 Å². The molecule has 0 saturated heterocycles. The fraction of sp³-hybridized carbons (Fsp3) is 0.167. The molecule has 0 aliphatic carbocycles. The smallest absolute Gasteiger partial charge is 0.336 e. The molecule has 0 saturated carbocycles. The Balaban J connectivity index is 3.42. The van der Waals surface area contributed by atoms with Gasteiger partial charge in [-0.2, -0.15) is 0 Å². The van der Waals surface area contributed by atoms with Gasteiger partial charge >= 0.3 is 11.9 Å². The molecule has 102 valence electrons. The van der Waals surface area contributed by atoms with E-state index in [2.05, 4.69) is 6.58 Å². The second-order valence-corrected chi connectivity index (χ2v) is 5.89. The molecule has 0 heterocycles. The summed E-state index contributed by atoms with van der Waals surface area (Å²) in [5, 5.41) is 18.0. The van der Waals surface area contributed by atoms with Gasteiger partial charge in [-0.15, -0.1) is 6.58 Å². The molecular formula is C12H12O6S. The van der Waals surface area contributed by atoms with Crippen LogP contribution in [-0.2, 0) is 15.6 Å². The monoisotopic (exact) mass is 284 g/mol. The first-order valence-corrected chi connectivity index (χ1v) is 7.00. The first-order valence-electron chi connectivity index (χ1n) is 5.18. The number of rotatable bonds is 6. The Morgan fingerprint density at radius 2 is 1.63 bits per heavy atom. The second-order valence-electron chi connectivity index (χ2n) is 3.79. The number of carbonyl (C=O) groups is 2. The van der Waals surface area contributed by atoms with Crippen LogP contribution in [0.15, 0.2) is 30.9 Å². The predicted molar refractivity (Wildman–Crippen MR) is 68.0 cm³/mol. The minimum atomic E-state index is -3.64. The van der Waals surface area contributed by atoms with Crippen molar-refractivity contribution in [3.05, 3.63) is 47.5 Å². The number of benzene rings is 1. The van der Waals surface area contributed by atoms with Gasteiger partial charge in [-0.3, -0.25) is 0 Å². The number of carboxylic acid groups (broad SMARTS) is 2. The Bertz CT molecular complexity index is 597. The summed E-state index contributed by atoms with van der Waals surface area (Å²) in [5.41, 5.74) is -0.871. The third kappa shape index (κ3) is 3.65. The van der Waals surface area contributed by atoms with Crippen molar-refractivity contribution in [2.45, 2.75) is 5.75 Å². The summed E-state index contributed by atoms with van der Waals surface area (Å²) in [5.74, 6) is -3.73. The summed E-state index contributed by atoms with van der Waals surface area (Å²) in [6, 6.07) is 3.61. The minimum absolute atomic E-state index is 0.218. The van der Waals surface area contributed by atoms with Crippen molar-refractivity contribution in [1.82, 2.24) is 0 Å². The van der Waals surface area contributed by atoms with E-state index in [-0.39, 0.29) is 22.4 Å². The number of carboxylic acids is 2. The predicted octanol–water partition coefficient (Wildman–Crippen LogP) is 1.18. The second kappa shape index (κ2) is 5.66. The van der Waals surface area contributed by atoms with Crippen LogP contribution >= 0.6 is 0 Å². The molecule has 0 spiro atoms. The lowest BCUT2D eigenvalue weighted by Crippen LogP contribution is -2.15. The topological polar surface area (TPSA) is 109 Å². The van der Waals surface area contributed by atoms with E-state index < -0.39 is 27.5 Å². The average Bonchev–Trinajstić information content (AvgIpc) is 2.27. The minimum Gasteiger partial charge on any atom is -0.478 e. The number of hydrogen-bond donors (Lipinski definition) is 2. The van der Waals surface area contributed by atoms with Crippen LogP contribution in [0.3, 0.4) is 0 Å². The van der Waals surface area contributed by atoms with Crippen molar-refractivity contribution in [2.24, 2.45) is 0 Å². The highest BCUT2D eigenvalue weighted by atomic mass is 32.2. The maximum atomic E-state index is 11.7. The van der Waals surface area contributed by atoms with Gasteiger partial charge in [-0.05, 0) is 17.7 Å². The molecule has 7 heteroatoms. The lowest BCUT2D eigenvalue weighted by molar-refractivity contribution is 0.0696. The van der Waals surface area contributed by atoms with Gasteiger partial charge in [0.15, 0.2) is 9.84 Å². The number of sulfone groups is 1. The zero-order chi connectivity index (χ0) is 14.6. The van der Waals surface area contributed by atoms with Crippen LogP contribution in [0.25, 0.3) is 0 Å². The fourth-order valence-corrected chi connectivity index (χ4v) is 2.83. The summed E-state index contributed by atoms with van der Waals surface area (Å²) in [6.45, 7) is 3.29. The molecule has 0 aromatic heterocycles. The lowest BCUT2D eigenvalue weighted by atomic mass is 10.0. The highest BCUT2D eigenvalue weighted by molar-refractivity contribution is 7.90. The Labute approximate surface area is 109 Å². The van der Waals surface area contributed by atoms with Crippen LogP contribution in [-0.4, -0.2) is 36.3 Å². The van der Waals surface area contributed by atoms with Gasteiger partial charge in [0, 0.05) is 0 Å². The Kier molecular flexibility index (Phi) is 4.44. The van der Waals surface area contributed by atoms with Gasteiger partial charge in [-0.1, -0.05) is 12.1 Å². The molecule has 0 bridgehead atoms. The molecule has 0 atom stereocenters. The highest BCUT2D eigenvalue weighted by Crippen LogP contribution is 2.19. The molecule has 0 radical (unpaired) electrons. The first kappa shape index (κ1) is 14.9. The standard InChI is InChI=1S/C12H12O6S/c1-2-6-19(17,18)7-10-8(11(13)14)4-3-5-9(10)12(15)16/h2-5H,1,6-7H2,(H,13,14)(H,15,16). The zero-order valence-electron chi connectivity index (χ0n) is 9.87. The van der Waals surface area contributed by atoms with Gasteiger partial charge < -0.3 is 10.2 Å². The average molecular weight is 284 g/mol. The summed E-state index contributed by atoms with van der Waals surface area (Å²) in [7, 11) is -3.64. The molecule has 0 amide bonds. The maximum Gasteiger partial charge on any atom is 0.336 e. The van der Waals surface area contributed by atoms with Crippen LogP contribution in [0.1, 0.15) is 26.3 Å². The molecular weight excluding hydrogens is 272 g/mol. The third-order valence-corrected chi connectivity index (χ3v) is 3.84. The lowest BCUT2D eigenvalue weighted by Gasteiger charge is -2.09. The number of aromatic carboxylic acids is 2. The molecule has 0 unspecified atom stereocenters. The zero-order valence-corrected chi connectivity index (χ0v) is 10.7. The van der Waals surface area contributed by atoms with E-state index in [1.807, 2.05) is 0 Å². The van der Waals surface area contributed by atoms with Crippen LogP contribution in [0, 0.1) is 0 Å². The molecule has 1 aromatic rings. The Hall–Kier alpha value is -2.15. The largest absolute Gasteiger partial charge is 0.478 e. The maximum absolute atomic E-state index is 11.7. The Morgan fingerprint density at radius 1 is 1.16 bits per heavy atom. The SMILES string of the molecule is C=CCS(=O)(=O)Cc1c(C(=O)O)cccc1C(=O)O. The first-order chi connectivity index (χ1) is 8.78. The van der Waals surface area contributed by atoms with E-state index in [1.54, 1.807) is 0 Å². The van der Waals surface area contributed by atoms with Gasteiger partial charge in [0.1, 0.15) is 0 Å². The molecule has 1 rings (SSSR count). The summed E-state index contributed by atoms with van der Waals surface area (Å²) in [4.78, 5) is 22.1. The van der Waals surface area contributed by atoms with E-state index in [1.165, 1.54) is 24.3 Å². The molecule has 6 nitrogen and oxygen atoms in total. The number of hydrogen-bond acceptors (Lipinski definition) is 4. The van der Waals surface area contributed by atoms with Crippen molar-refractivity contribution < 1.29 is 28.2 Å². The molecule has 0 aliphatic heterocycles.